The summed E-state index contributed by atoms with van der Waals surface area (Å²) < 4.78 is 64.6. The third-order valence-corrected chi connectivity index (χ3v) is 3.23. The van der Waals surface area contributed by atoms with Crippen LogP contribution in [0.4, 0.5) is 17.6 Å². The van der Waals surface area contributed by atoms with Gasteiger partial charge in [-0.3, -0.25) is 4.79 Å². The zero-order chi connectivity index (χ0) is 20.1. The number of halogens is 4. The quantitative estimate of drug-likeness (QED) is 0.351. The minimum atomic E-state index is -3.79. The Balaban J connectivity index is 4.96. The molecule has 0 saturated carbocycles. The molecule has 10 heteroatoms. The van der Waals surface area contributed by atoms with Gasteiger partial charge >= 0.3 is 29.8 Å². The summed E-state index contributed by atoms with van der Waals surface area (Å²) in [5, 5.41) is 0. The van der Waals surface area contributed by atoms with Crippen molar-refractivity contribution < 1.29 is 46.2 Å². The minimum Gasteiger partial charge on any atom is -0.457 e. The molecule has 0 atom stereocenters. The van der Waals surface area contributed by atoms with Crippen LogP contribution < -0.4 is 0 Å². The second-order valence-electron chi connectivity index (χ2n) is 6.24. The van der Waals surface area contributed by atoms with Crippen LogP contribution >= 0.6 is 0 Å². The molecule has 0 rings (SSSR count). The molecule has 0 radical (unpaired) electrons. The first-order valence-electron chi connectivity index (χ1n) is 7.42. The zero-order valence-electron chi connectivity index (χ0n) is 14.7. The Morgan fingerprint density at radius 2 is 1.16 bits per heavy atom. The topological polar surface area (TPSA) is 78.9 Å². The number of carbonyl (C=O) groups excluding carboxylic acids is 3. The maximum Gasteiger partial charge on any atom is 0.376 e. The first-order chi connectivity index (χ1) is 11.1. The molecule has 0 saturated heterocycles. The summed E-state index contributed by atoms with van der Waals surface area (Å²) >= 11 is 0. The Kier molecular flexibility index (Phi) is 7.85. The fourth-order valence-corrected chi connectivity index (χ4v) is 1.16. The van der Waals surface area contributed by atoms with Crippen LogP contribution in [0.3, 0.4) is 0 Å². The summed E-state index contributed by atoms with van der Waals surface area (Å²) in [4.78, 5) is 34.1. The van der Waals surface area contributed by atoms with Crippen molar-refractivity contribution in [3.05, 3.63) is 0 Å². The number of esters is 3. The van der Waals surface area contributed by atoms with Crippen LogP contribution in [0.5, 0.6) is 0 Å². The highest BCUT2D eigenvalue weighted by Crippen LogP contribution is 2.23. The van der Waals surface area contributed by atoms with Gasteiger partial charge in [-0.05, 0) is 20.3 Å². The standard InChI is InChI=1S/C15H22F4O6/c1-6-13(2,3)10(20)25-9(7-23-11(21)14(4,16)17)8-24-12(22)15(5,18)19/h9H,6-8H2,1-5H3. The molecule has 0 aliphatic heterocycles. The van der Waals surface area contributed by atoms with E-state index in [1.54, 1.807) is 6.92 Å². The van der Waals surface area contributed by atoms with Gasteiger partial charge in [0.1, 0.15) is 13.2 Å². The first-order valence-corrected chi connectivity index (χ1v) is 7.42. The van der Waals surface area contributed by atoms with Crippen LogP contribution in [0.15, 0.2) is 0 Å². The third-order valence-electron chi connectivity index (χ3n) is 3.23. The lowest BCUT2D eigenvalue weighted by molar-refractivity contribution is -0.187. The average Bonchev–Trinajstić information content (AvgIpc) is 2.46. The maximum atomic E-state index is 12.8. The molecule has 0 aromatic rings. The Labute approximate surface area is 142 Å². The predicted molar refractivity (Wildman–Crippen MR) is 77.1 cm³/mol. The Bertz CT molecular complexity index is 463. The van der Waals surface area contributed by atoms with Crippen LogP contribution in [-0.2, 0) is 28.6 Å². The van der Waals surface area contributed by atoms with E-state index in [4.69, 9.17) is 4.74 Å². The van der Waals surface area contributed by atoms with E-state index in [1.165, 1.54) is 13.8 Å². The number of alkyl halides is 4. The predicted octanol–water partition coefficient (Wildman–Crippen LogP) is 2.73. The summed E-state index contributed by atoms with van der Waals surface area (Å²) in [5.41, 5.74) is -0.963. The van der Waals surface area contributed by atoms with Gasteiger partial charge in [0.15, 0.2) is 6.10 Å². The van der Waals surface area contributed by atoms with Crippen molar-refractivity contribution in [3.63, 3.8) is 0 Å². The molecule has 146 valence electrons. The molecule has 0 fully saturated rings. The molecule has 0 aromatic heterocycles. The summed E-state index contributed by atoms with van der Waals surface area (Å²) in [6.07, 6.45) is -1.14. The molecular formula is C15H22F4O6. The molecule has 0 aromatic carbocycles. The van der Waals surface area contributed by atoms with Crippen LogP contribution in [0.2, 0.25) is 0 Å². The highest BCUT2D eigenvalue weighted by atomic mass is 19.3. The fourth-order valence-electron chi connectivity index (χ4n) is 1.16. The van der Waals surface area contributed by atoms with Crippen LogP contribution in [0.1, 0.15) is 41.0 Å². The molecule has 25 heavy (non-hydrogen) atoms. The first kappa shape index (κ1) is 23.1. The van der Waals surface area contributed by atoms with Crippen molar-refractivity contribution in [3.8, 4) is 0 Å². The van der Waals surface area contributed by atoms with Crippen molar-refractivity contribution in [2.75, 3.05) is 13.2 Å². The lowest BCUT2D eigenvalue weighted by Gasteiger charge is -2.25. The summed E-state index contributed by atoms with van der Waals surface area (Å²) in [6.45, 7) is 3.59. The third kappa shape index (κ3) is 8.17. The molecule has 0 aliphatic carbocycles. The van der Waals surface area contributed by atoms with Crippen LogP contribution in [-0.4, -0.2) is 49.1 Å². The molecule has 0 unspecified atom stereocenters. The van der Waals surface area contributed by atoms with Gasteiger partial charge in [0.25, 0.3) is 0 Å². The van der Waals surface area contributed by atoms with E-state index in [1.807, 2.05) is 0 Å². The smallest absolute Gasteiger partial charge is 0.376 e. The highest BCUT2D eigenvalue weighted by Gasteiger charge is 2.38. The lowest BCUT2D eigenvalue weighted by Crippen LogP contribution is -2.39. The highest BCUT2D eigenvalue weighted by molar-refractivity contribution is 5.78. The molecule has 0 aliphatic rings. The SMILES string of the molecule is CCC(C)(C)C(=O)OC(COC(=O)C(C)(F)F)COC(=O)C(C)(F)F. The summed E-state index contributed by atoms with van der Waals surface area (Å²) in [6, 6.07) is 0. The van der Waals surface area contributed by atoms with Crippen molar-refractivity contribution >= 4 is 17.9 Å². The van der Waals surface area contributed by atoms with Gasteiger partial charge in [-0.1, -0.05) is 6.92 Å². The molecule has 0 N–H and O–H groups in total. The summed E-state index contributed by atoms with van der Waals surface area (Å²) in [5.74, 6) is -12.2. The maximum absolute atomic E-state index is 12.8. The van der Waals surface area contributed by atoms with E-state index in [2.05, 4.69) is 9.47 Å². The zero-order valence-corrected chi connectivity index (χ0v) is 14.7. The van der Waals surface area contributed by atoms with Gasteiger partial charge in [-0.15, -0.1) is 0 Å². The minimum absolute atomic E-state index is 0.300. The number of hydrogen-bond acceptors (Lipinski definition) is 6. The van der Waals surface area contributed by atoms with E-state index < -0.39 is 54.5 Å². The van der Waals surface area contributed by atoms with E-state index >= 15 is 0 Å². The van der Waals surface area contributed by atoms with Gasteiger partial charge in [0.05, 0.1) is 5.41 Å². The normalized spacial score (nSPS) is 12.7. The molecule has 0 amide bonds. The average molecular weight is 374 g/mol. The Hall–Kier alpha value is -1.87. The van der Waals surface area contributed by atoms with Gasteiger partial charge < -0.3 is 14.2 Å². The van der Waals surface area contributed by atoms with Crippen molar-refractivity contribution in [2.24, 2.45) is 5.41 Å². The number of hydrogen-bond donors (Lipinski definition) is 0. The van der Waals surface area contributed by atoms with Crippen molar-refractivity contribution in [1.82, 2.24) is 0 Å². The van der Waals surface area contributed by atoms with E-state index in [-0.39, 0.29) is 0 Å². The largest absolute Gasteiger partial charge is 0.457 e. The van der Waals surface area contributed by atoms with Crippen molar-refractivity contribution in [1.29, 1.82) is 0 Å². The molecule has 0 bridgehead atoms. The Morgan fingerprint density at radius 1 is 0.800 bits per heavy atom. The van der Waals surface area contributed by atoms with E-state index in [0.29, 0.717) is 20.3 Å². The second kappa shape index (κ2) is 8.48. The van der Waals surface area contributed by atoms with E-state index in [0.717, 1.165) is 0 Å². The fraction of sp³-hybridized carbons (Fsp3) is 0.800. The van der Waals surface area contributed by atoms with Gasteiger partial charge in [-0.25, -0.2) is 9.59 Å². The lowest BCUT2D eigenvalue weighted by atomic mass is 9.90. The van der Waals surface area contributed by atoms with E-state index in [9.17, 15) is 31.9 Å². The van der Waals surface area contributed by atoms with Gasteiger partial charge in [0, 0.05) is 13.8 Å². The molecule has 0 heterocycles. The molecule has 6 nitrogen and oxygen atoms in total. The second-order valence-corrected chi connectivity index (χ2v) is 6.24. The number of carbonyl (C=O) groups is 3. The van der Waals surface area contributed by atoms with Crippen LogP contribution in [0.25, 0.3) is 0 Å². The monoisotopic (exact) mass is 374 g/mol. The van der Waals surface area contributed by atoms with Crippen LogP contribution in [0, 0.1) is 5.41 Å². The summed E-state index contributed by atoms with van der Waals surface area (Å²) in [7, 11) is 0. The Morgan fingerprint density at radius 3 is 1.44 bits per heavy atom. The van der Waals surface area contributed by atoms with Gasteiger partial charge in [0.2, 0.25) is 0 Å². The molecule has 0 spiro atoms. The van der Waals surface area contributed by atoms with Gasteiger partial charge in [-0.2, -0.15) is 17.6 Å². The number of rotatable bonds is 9. The number of ether oxygens (including phenoxy) is 3. The molecular weight excluding hydrogens is 352 g/mol. The van der Waals surface area contributed by atoms with Crippen molar-refractivity contribution in [2.45, 2.75) is 59.0 Å².